The Morgan fingerprint density at radius 1 is 1.19 bits per heavy atom. The number of thiazole rings is 1. The fourth-order valence-corrected chi connectivity index (χ4v) is 3.16. The van der Waals surface area contributed by atoms with E-state index < -0.39 is 0 Å². The second kappa shape index (κ2) is 6.49. The van der Waals surface area contributed by atoms with Gasteiger partial charge in [-0.15, -0.1) is 11.3 Å². The Hall–Kier alpha value is -1.53. The summed E-state index contributed by atoms with van der Waals surface area (Å²) >= 11 is 1.62. The number of rotatable bonds is 4. The number of nitrogens with zero attached hydrogens (tertiary/aromatic N) is 4. The molecule has 0 aromatic carbocycles. The van der Waals surface area contributed by atoms with Gasteiger partial charge in [-0.2, -0.15) is 0 Å². The molecule has 2 aromatic heterocycles. The lowest BCUT2D eigenvalue weighted by Gasteiger charge is -2.28. The summed E-state index contributed by atoms with van der Waals surface area (Å²) in [5.74, 6) is 1.70. The predicted molar refractivity (Wildman–Crippen MR) is 84.7 cm³/mol. The molecule has 3 heterocycles. The van der Waals surface area contributed by atoms with E-state index in [0.29, 0.717) is 12.4 Å². The van der Waals surface area contributed by atoms with E-state index in [4.69, 9.17) is 9.72 Å². The molecule has 0 radical (unpaired) electrons. The van der Waals surface area contributed by atoms with Gasteiger partial charge >= 0.3 is 0 Å². The Bertz CT molecular complexity index is 607. The van der Waals surface area contributed by atoms with Crippen molar-refractivity contribution < 1.29 is 4.74 Å². The molecule has 0 saturated carbocycles. The van der Waals surface area contributed by atoms with Crippen LogP contribution in [0, 0.1) is 6.92 Å². The molecule has 112 valence electrons. The van der Waals surface area contributed by atoms with E-state index in [1.165, 1.54) is 19.3 Å². The smallest absolute Gasteiger partial charge is 0.181 e. The van der Waals surface area contributed by atoms with Gasteiger partial charge < -0.3 is 9.64 Å². The minimum atomic E-state index is 0.499. The summed E-state index contributed by atoms with van der Waals surface area (Å²) in [6, 6.07) is 2.04. The quantitative estimate of drug-likeness (QED) is 0.869. The molecule has 0 atom stereocenters. The average Bonchev–Trinajstić information content (AvgIpc) is 2.95. The molecular weight excluding hydrogens is 284 g/mol. The number of anilines is 1. The zero-order chi connectivity index (χ0) is 14.7. The molecule has 0 spiro atoms. The molecule has 0 unspecified atom stereocenters. The second-order valence-corrected chi connectivity index (χ2v) is 6.34. The van der Waals surface area contributed by atoms with Gasteiger partial charge in [-0.3, -0.25) is 0 Å². The molecule has 21 heavy (non-hydrogen) atoms. The van der Waals surface area contributed by atoms with Crippen LogP contribution in [0.25, 0.3) is 11.5 Å². The molecule has 1 aliphatic heterocycles. The van der Waals surface area contributed by atoms with Gasteiger partial charge in [0.2, 0.25) is 0 Å². The van der Waals surface area contributed by atoms with Crippen molar-refractivity contribution in [3.63, 3.8) is 0 Å². The average molecular weight is 304 g/mol. The number of methoxy groups -OCH3 is 1. The molecule has 1 saturated heterocycles. The summed E-state index contributed by atoms with van der Waals surface area (Å²) in [7, 11) is 1.69. The standard InChI is InChI=1S/C15H20N4OS/c1-11-16-13(10-21-11)15-17-12(9-20-2)8-14(18-15)19-6-4-3-5-7-19/h8,10H,3-7,9H2,1-2H3. The van der Waals surface area contributed by atoms with Gasteiger partial charge in [0.1, 0.15) is 11.5 Å². The third kappa shape index (κ3) is 3.39. The maximum absolute atomic E-state index is 5.24. The third-order valence-electron chi connectivity index (χ3n) is 3.59. The van der Waals surface area contributed by atoms with Crippen LogP contribution in [0.2, 0.25) is 0 Å². The molecule has 5 nitrogen and oxygen atoms in total. The van der Waals surface area contributed by atoms with Crippen molar-refractivity contribution in [3.05, 3.63) is 22.1 Å². The van der Waals surface area contributed by atoms with Crippen molar-refractivity contribution in [2.75, 3.05) is 25.1 Å². The van der Waals surface area contributed by atoms with Crippen molar-refractivity contribution >= 4 is 17.2 Å². The van der Waals surface area contributed by atoms with Crippen LogP contribution in [-0.2, 0) is 11.3 Å². The number of hydrogen-bond acceptors (Lipinski definition) is 6. The molecule has 3 rings (SSSR count). The summed E-state index contributed by atoms with van der Waals surface area (Å²) in [5, 5.41) is 3.05. The highest BCUT2D eigenvalue weighted by Crippen LogP contribution is 2.24. The SMILES string of the molecule is COCc1cc(N2CCCCC2)nc(-c2csc(C)n2)n1. The minimum Gasteiger partial charge on any atom is -0.378 e. The lowest BCUT2D eigenvalue weighted by atomic mass is 10.1. The number of aryl methyl sites for hydroxylation is 1. The number of piperidine rings is 1. The van der Waals surface area contributed by atoms with Crippen LogP contribution in [0.4, 0.5) is 5.82 Å². The first-order valence-electron chi connectivity index (χ1n) is 7.30. The molecule has 0 amide bonds. The molecule has 1 fully saturated rings. The first-order valence-corrected chi connectivity index (χ1v) is 8.18. The lowest BCUT2D eigenvalue weighted by Crippen LogP contribution is -2.30. The Labute approximate surface area is 129 Å². The molecule has 6 heteroatoms. The summed E-state index contributed by atoms with van der Waals surface area (Å²) in [6.45, 7) is 4.64. The van der Waals surface area contributed by atoms with Crippen molar-refractivity contribution in [2.24, 2.45) is 0 Å². The van der Waals surface area contributed by atoms with Gasteiger partial charge in [0.15, 0.2) is 5.82 Å². The largest absolute Gasteiger partial charge is 0.378 e. The molecule has 0 aliphatic carbocycles. The van der Waals surface area contributed by atoms with Gasteiger partial charge in [-0.25, -0.2) is 15.0 Å². The topological polar surface area (TPSA) is 51.1 Å². The maximum Gasteiger partial charge on any atom is 0.181 e. The van der Waals surface area contributed by atoms with Crippen LogP contribution in [0.1, 0.15) is 30.0 Å². The molecule has 2 aromatic rings. The number of hydrogen-bond donors (Lipinski definition) is 0. The van der Waals surface area contributed by atoms with Crippen LogP contribution in [0.5, 0.6) is 0 Å². The summed E-state index contributed by atoms with van der Waals surface area (Å²) in [4.78, 5) is 16.2. The van der Waals surface area contributed by atoms with E-state index in [1.54, 1.807) is 18.4 Å². The fourth-order valence-electron chi connectivity index (χ4n) is 2.57. The Morgan fingerprint density at radius 3 is 2.67 bits per heavy atom. The van der Waals surface area contributed by atoms with Gasteiger partial charge in [0.05, 0.1) is 17.3 Å². The second-order valence-electron chi connectivity index (χ2n) is 5.27. The molecule has 0 bridgehead atoms. The number of ether oxygens (including phenoxy) is 1. The first kappa shape index (κ1) is 14.4. The summed E-state index contributed by atoms with van der Waals surface area (Å²) < 4.78 is 5.24. The Morgan fingerprint density at radius 2 is 2.00 bits per heavy atom. The molecular formula is C15H20N4OS. The summed E-state index contributed by atoms with van der Waals surface area (Å²) in [6.07, 6.45) is 3.77. The van der Waals surface area contributed by atoms with Crippen molar-refractivity contribution in [2.45, 2.75) is 32.8 Å². The lowest BCUT2D eigenvalue weighted by molar-refractivity contribution is 0.181. The first-order chi connectivity index (χ1) is 10.3. The van der Waals surface area contributed by atoms with E-state index in [-0.39, 0.29) is 0 Å². The van der Waals surface area contributed by atoms with E-state index in [0.717, 1.165) is 35.3 Å². The monoisotopic (exact) mass is 304 g/mol. The predicted octanol–water partition coefficient (Wildman–Crippen LogP) is 3.05. The maximum atomic E-state index is 5.24. The Kier molecular flexibility index (Phi) is 4.45. The van der Waals surface area contributed by atoms with Crippen LogP contribution >= 0.6 is 11.3 Å². The fraction of sp³-hybridized carbons (Fsp3) is 0.533. The van der Waals surface area contributed by atoms with Crippen LogP contribution < -0.4 is 4.90 Å². The highest BCUT2D eigenvalue weighted by molar-refractivity contribution is 7.09. The van der Waals surface area contributed by atoms with Crippen molar-refractivity contribution in [1.29, 1.82) is 0 Å². The van der Waals surface area contributed by atoms with Gasteiger partial charge in [-0.1, -0.05) is 0 Å². The van der Waals surface area contributed by atoms with Crippen LogP contribution in [0.3, 0.4) is 0 Å². The zero-order valence-corrected chi connectivity index (χ0v) is 13.3. The van der Waals surface area contributed by atoms with E-state index in [9.17, 15) is 0 Å². The molecule has 1 aliphatic rings. The van der Waals surface area contributed by atoms with E-state index in [2.05, 4.69) is 14.9 Å². The van der Waals surface area contributed by atoms with Crippen LogP contribution in [-0.4, -0.2) is 35.2 Å². The zero-order valence-electron chi connectivity index (χ0n) is 12.5. The highest BCUT2D eigenvalue weighted by Gasteiger charge is 2.16. The van der Waals surface area contributed by atoms with E-state index in [1.807, 2.05) is 18.4 Å². The normalized spacial score (nSPS) is 15.4. The minimum absolute atomic E-state index is 0.499. The molecule has 0 N–H and O–H groups in total. The van der Waals surface area contributed by atoms with Crippen LogP contribution in [0.15, 0.2) is 11.4 Å². The van der Waals surface area contributed by atoms with Gasteiger partial charge in [0, 0.05) is 31.6 Å². The van der Waals surface area contributed by atoms with Gasteiger partial charge in [0.25, 0.3) is 0 Å². The van der Waals surface area contributed by atoms with E-state index >= 15 is 0 Å². The van der Waals surface area contributed by atoms with Crippen molar-refractivity contribution in [3.8, 4) is 11.5 Å². The highest BCUT2D eigenvalue weighted by atomic mass is 32.1. The van der Waals surface area contributed by atoms with Crippen molar-refractivity contribution in [1.82, 2.24) is 15.0 Å². The third-order valence-corrected chi connectivity index (χ3v) is 4.36. The Balaban J connectivity index is 1.96. The summed E-state index contributed by atoms with van der Waals surface area (Å²) in [5.41, 5.74) is 1.77. The number of aromatic nitrogens is 3. The van der Waals surface area contributed by atoms with Gasteiger partial charge in [-0.05, 0) is 26.2 Å².